The molecule has 27 heavy (non-hydrogen) atoms. The molecule has 1 amide bonds. The first-order valence-corrected chi connectivity index (χ1v) is 9.09. The normalized spacial score (nSPS) is 12.5. The van der Waals surface area contributed by atoms with Crippen LogP contribution in [0.4, 0.5) is 5.69 Å². The number of amides is 1. The first-order valence-electron chi connectivity index (χ1n) is 8.30. The van der Waals surface area contributed by atoms with Crippen molar-refractivity contribution in [2.45, 2.75) is 6.73 Å². The largest absolute Gasteiger partial charge is 0.486 e. The van der Waals surface area contributed by atoms with Gasteiger partial charge in [-0.15, -0.1) is 0 Å². The van der Waals surface area contributed by atoms with Gasteiger partial charge in [-0.05, 0) is 42.5 Å². The van der Waals surface area contributed by atoms with Crippen LogP contribution in [0.15, 0.2) is 59.2 Å². The van der Waals surface area contributed by atoms with E-state index in [0.29, 0.717) is 36.1 Å². The number of anilines is 1. The molecule has 1 N–H and O–H groups in total. The maximum atomic E-state index is 12.4. The van der Waals surface area contributed by atoms with Gasteiger partial charge in [0.15, 0.2) is 23.9 Å². The number of nitrogens with zero attached hydrogens (tertiary/aromatic N) is 2. The Kier molecular flexibility index (Phi) is 4.97. The quantitative estimate of drug-likeness (QED) is 0.668. The molecule has 1 aliphatic heterocycles. The Morgan fingerprint density at radius 1 is 1.11 bits per heavy atom. The van der Waals surface area contributed by atoms with E-state index >= 15 is 0 Å². The molecule has 2 aromatic carbocycles. The Hall–Kier alpha value is -3.00. The molecule has 3 aromatic rings. The highest BCUT2D eigenvalue weighted by molar-refractivity contribution is 9.10. The summed E-state index contributed by atoms with van der Waals surface area (Å²) < 4.78 is 19.2. The molecule has 2 heterocycles. The van der Waals surface area contributed by atoms with Crippen LogP contribution in [-0.4, -0.2) is 28.9 Å². The van der Waals surface area contributed by atoms with Gasteiger partial charge in [-0.3, -0.25) is 4.79 Å². The first-order chi connectivity index (χ1) is 13.2. The van der Waals surface area contributed by atoms with E-state index in [2.05, 4.69) is 26.3 Å². The lowest BCUT2D eigenvalue weighted by molar-refractivity contribution is 0.102. The third-order valence-electron chi connectivity index (χ3n) is 3.85. The monoisotopic (exact) mass is 429 g/mol. The van der Waals surface area contributed by atoms with Crippen LogP contribution in [0.2, 0.25) is 0 Å². The highest BCUT2D eigenvalue weighted by Gasteiger charge is 2.14. The Balaban J connectivity index is 1.37. The average Bonchev–Trinajstić information content (AvgIpc) is 3.17. The third-order valence-corrected chi connectivity index (χ3v) is 4.38. The number of rotatable bonds is 5. The van der Waals surface area contributed by atoms with Crippen molar-refractivity contribution in [1.82, 2.24) is 9.78 Å². The van der Waals surface area contributed by atoms with Gasteiger partial charge in [-0.1, -0.05) is 15.9 Å². The average molecular weight is 430 g/mol. The number of nitrogens with one attached hydrogen (secondary N) is 1. The summed E-state index contributed by atoms with van der Waals surface area (Å²) in [4.78, 5) is 12.4. The van der Waals surface area contributed by atoms with Crippen LogP contribution < -0.4 is 19.5 Å². The van der Waals surface area contributed by atoms with Crippen LogP contribution in [0.25, 0.3) is 0 Å². The summed E-state index contributed by atoms with van der Waals surface area (Å²) in [7, 11) is 0. The molecule has 0 radical (unpaired) electrons. The van der Waals surface area contributed by atoms with Crippen LogP contribution in [0.1, 0.15) is 10.5 Å². The second-order valence-corrected chi connectivity index (χ2v) is 6.70. The standard InChI is InChI=1S/C19H16BrN3O4/c20-13-1-4-15(5-2-13)27-12-23-8-7-16(22-23)19(24)21-14-3-6-17-18(11-14)26-10-9-25-17/h1-8,11H,9-10,12H2,(H,21,24). The number of carbonyl (C=O) groups is 1. The van der Waals surface area contributed by atoms with Crippen molar-refractivity contribution in [2.75, 3.05) is 18.5 Å². The number of aromatic nitrogens is 2. The number of fused-ring (bicyclic) bond motifs is 1. The molecule has 1 aromatic heterocycles. The summed E-state index contributed by atoms with van der Waals surface area (Å²) in [6.07, 6.45) is 1.69. The molecule has 0 saturated carbocycles. The topological polar surface area (TPSA) is 74.6 Å². The fourth-order valence-electron chi connectivity index (χ4n) is 2.54. The summed E-state index contributed by atoms with van der Waals surface area (Å²) in [6.45, 7) is 1.23. The van der Waals surface area contributed by atoms with Gasteiger partial charge in [0.2, 0.25) is 0 Å². The Bertz CT molecular complexity index is 956. The highest BCUT2D eigenvalue weighted by Crippen LogP contribution is 2.32. The minimum absolute atomic E-state index is 0.207. The molecule has 7 nitrogen and oxygen atoms in total. The minimum atomic E-state index is -0.311. The predicted molar refractivity (Wildman–Crippen MR) is 102 cm³/mol. The minimum Gasteiger partial charge on any atom is -0.486 e. The van der Waals surface area contributed by atoms with Gasteiger partial charge in [-0.2, -0.15) is 5.10 Å². The molecule has 0 bridgehead atoms. The van der Waals surface area contributed by atoms with E-state index in [4.69, 9.17) is 14.2 Å². The Morgan fingerprint density at radius 3 is 2.70 bits per heavy atom. The smallest absolute Gasteiger partial charge is 0.276 e. The maximum Gasteiger partial charge on any atom is 0.276 e. The van der Waals surface area contributed by atoms with Crippen LogP contribution in [0.5, 0.6) is 17.2 Å². The first kappa shape index (κ1) is 17.4. The molecule has 1 aliphatic rings. The zero-order chi connectivity index (χ0) is 18.6. The molecule has 0 atom stereocenters. The Morgan fingerprint density at radius 2 is 1.89 bits per heavy atom. The molecule has 0 unspecified atom stereocenters. The lowest BCUT2D eigenvalue weighted by atomic mass is 10.2. The van der Waals surface area contributed by atoms with E-state index in [1.807, 2.05) is 24.3 Å². The number of carbonyl (C=O) groups excluding carboxylic acids is 1. The second-order valence-electron chi connectivity index (χ2n) is 5.78. The predicted octanol–water partition coefficient (Wildman–Crippen LogP) is 3.71. The molecular weight excluding hydrogens is 414 g/mol. The number of benzene rings is 2. The van der Waals surface area contributed by atoms with Crippen LogP contribution in [-0.2, 0) is 6.73 Å². The van der Waals surface area contributed by atoms with Crippen molar-refractivity contribution in [3.8, 4) is 17.2 Å². The van der Waals surface area contributed by atoms with Gasteiger partial charge in [0.05, 0.1) is 0 Å². The molecule has 8 heteroatoms. The number of hydrogen-bond acceptors (Lipinski definition) is 5. The Labute approximate surface area is 164 Å². The van der Waals surface area contributed by atoms with E-state index in [0.717, 1.165) is 10.2 Å². The molecule has 138 valence electrons. The lowest BCUT2D eigenvalue weighted by Crippen LogP contribution is -2.17. The van der Waals surface area contributed by atoms with E-state index in [1.165, 1.54) is 0 Å². The zero-order valence-electron chi connectivity index (χ0n) is 14.2. The third kappa shape index (κ3) is 4.22. The summed E-state index contributed by atoms with van der Waals surface area (Å²) in [5, 5.41) is 7.05. The van der Waals surface area contributed by atoms with Crippen LogP contribution >= 0.6 is 15.9 Å². The molecule has 0 saturated heterocycles. The lowest BCUT2D eigenvalue weighted by Gasteiger charge is -2.18. The van der Waals surface area contributed by atoms with E-state index in [-0.39, 0.29) is 12.6 Å². The molecule has 0 aliphatic carbocycles. The SMILES string of the molecule is O=C(Nc1ccc2c(c1)OCCO2)c1ccn(COc2ccc(Br)cc2)n1. The van der Waals surface area contributed by atoms with Crippen molar-refractivity contribution < 1.29 is 19.0 Å². The summed E-state index contributed by atoms with van der Waals surface area (Å²) in [5.41, 5.74) is 0.911. The van der Waals surface area contributed by atoms with Crippen molar-refractivity contribution in [1.29, 1.82) is 0 Å². The van der Waals surface area contributed by atoms with E-state index in [1.54, 1.807) is 35.1 Å². The summed E-state index contributed by atoms with van der Waals surface area (Å²) >= 11 is 3.38. The molecule has 4 rings (SSSR count). The van der Waals surface area contributed by atoms with E-state index in [9.17, 15) is 4.79 Å². The summed E-state index contributed by atoms with van der Waals surface area (Å²) in [6, 6.07) is 14.4. The summed E-state index contributed by atoms with van der Waals surface area (Å²) in [5.74, 6) is 1.70. The molecule has 0 spiro atoms. The van der Waals surface area contributed by atoms with Gasteiger partial charge >= 0.3 is 0 Å². The number of hydrogen-bond donors (Lipinski definition) is 1. The molecule has 0 fully saturated rings. The van der Waals surface area contributed by atoms with Gasteiger partial charge in [0, 0.05) is 22.4 Å². The fourth-order valence-corrected chi connectivity index (χ4v) is 2.81. The van der Waals surface area contributed by atoms with Crippen molar-refractivity contribution in [2.24, 2.45) is 0 Å². The second kappa shape index (κ2) is 7.71. The van der Waals surface area contributed by atoms with Crippen LogP contribution in [0, 0.1) is 0 Å². The van der Waals surface area contributed by atoms with Gasteiger partial charge in [-0.25, -0.2) is 4.68 Å². The number of halogens is 1. The zero-order valence-corrected chi connectivity index (χ0v) is 15.8. The fraction of sp³-hybridized carbons (Fsp3) is 0.158. The van der Waals surface area contributed by atoms with Crippen molar-refractivity contribution in [3.05, 3.63) is 64.9 Å². The number of ether oxygens (including phenoxy) is 3. The van der Waals surface area contributed by atoms with Gasteiger partial charge in [0.1, 0.15) is 19.0 Å². The maximum absolute atomic E-state index is 12.4. The van der Waals surface area contributed by atoms with Gasteiger partial charge in [0.25, 0.3) is 5.91 Å². The highest BCUT2D eigenvalue weighted by atomic mass is 79.9. The van der Waals surface area contributed by atoms with Gasteiger partial charge < -0.3 is 19.5 Å². The van der Waals surface area contributed by atoms with Crippen molar-refractivity contribution >= 4 is 27.5 Å². The van der Waals surface area contributed by atoms with E-state index < -0.39 is 0 Å². The van der Waals surface area contributed by atoms with Crippen LogP contribution in [0.3, 0.4) is 0 Å². The molecular formula is C19H16BrN3O4. The van der Waals surface area contributed by atoms with Crippen molar-refractivity contribution in [3.63, 3.8) is 0 Å².